The normalized spacial score (nSPS) is 23.0. The van der Waals surface area contributed by atoms with Crippen LogP contribution in [0.2, 0.25) is 0 Å². The third-order valence-corrected chi connectivity index (χ3v) is 5.92. The average Bonchev–Trinajstić information content (AvgIpc) is 2.46. The molecule has 1 rings (SSSR count). The van der Waals surface area contributed by atoms with Crippen molar-refractivity contribution in [2.24, 2.45) is 10.8 Å². The number of likely N-dealkylation sites (tertiary alicyclic amines) is 1. The van der Waals surface area contributed by atoms with Crippen molar-refractivity contribution in [1.82, 2.24) is 10.2 Å². The maximum atomic E-state index is 3.71. The Morgan fingerprint density at radius 3 is 1.86 bits per heavy atom. The lowest BCUT2D eigenvalue weighted by Crippen LogP contribution is -2.49. The van der Waals surface area contributed by atoms with Gasteiger partial charge in [0.2, 0.25) is 0 Å². The molecule has 0 aromatic heterocycles. The fourth-order valence-electron chi connectivity index (χ4n) is 3.45. The third-order valence-electron chi connectivity index (χ3n) is 5.92. The van der Waals surface area contributed by atoms with Gasteiger partial charge in [-0.3, -0.25) is 0 Å². The summed E-state index contributed by atoms with van der Waals surface area (Å²) in [6.07, 6.45) is 6.75. The summed E-state index contributed by atoms with van der Waals surface area (Å²) in [6.45, 7) is 21.3. The Bertz CT molecular complexity index is 291. The molecule has 0 spiro atoms. The van der Waals surface area contributed by atoms with Crippen LogP contribution < -0.4 is 5.32 Å². The molecule has 0 aromatic rings. The van der Waals surface area contributed by atoms with Gasteiger partial charge in [0.1, 0.15) is 0 Å². The molecule has 2 nitrogen and oxygen atoms in total. The highest BCUT2D eigenvalue weighted by Crippen LogP contribution is 2.38. The zero-order valence-corrected chi connectivity index (χ0v) is 15.8. The van der Waals surface area contributed by atoms with Gasteiger partial charge in [0, 0.05) is 18.6 Å². The average molecular weight is 297 g/mol. The van der Waals surface area contributed by atoms with Crippen molar-refractivity contribution in [2.45, 2.75) is 86.1 Å². The molecule has 1 fully saturated rings. The molecule has 1 atom stereocenters. The van der Waals surface area contributed by atoms with Crippen molar-refractivity contribution in [3.05, 3.63) is 0 Å². The van der Waals surface area contributed by atoms with Gasteiger partial charge in [-0.25, -0.2) is 0 Å². The first-order chi connectivity index (χ1) is 9.67. The standard InChI is InChI=1S/C19H40N2/c1-8-18(7,15-20-17(4,5)6)16-21-13-11-19(9-2,10-3)12-14-21/h20H,8-16H2,1-7H3. The van der Waals surface area contributed by atoms with E-state index in [9.17, 15) is 0 Å². The van der Waals surface area contributed by atoms with Crippen LogP contribution in [0.3, 0.4) is 0 Å². The highest BCUT2D eigenvalue weighted by molar-refractivity contribution is 4.88. The van der Waals surface area contributed by atoms with Crippen LogP contribution in [-0.2, 0) is 0 Å². The number of nitrogens with zero attached hydrogens (tertiary/aromatic N) is 1. The van der Waals surface area contributed by atoms with E-state index in [1.54, 1.807) is 0 Å². The van der Waals surface area contributed by atoms with Gasteiger partial charge in [-0.15, -0.1) is 0 Å². The molecule has 21 heavy (non-hydrogen) atoms. The molecule has 2 heteroatoms. The van der Waals surface area contributed by atoms with E-state index < -0.39 is 0 Å². The fraction of sp³-hybridized carbons (Fsp3) is 1.00. The summed E-state index contributed by atoms with van der Waals surface area (Å²) >= 11 is 0. The summed E-state index contributed by atoms with van der Waals surface area (Å²) in [5, 5.41) is 3.71. The summed E-state index contributed by atoms with van der Waals surface area (Å²) < 4.78 is 0. The Balaban J connectivity index is 2.51. The molecule has 126 valence electrons. The Morgan fingerprint density at radius 1 is 0.952 bits per heavy atom. The monoisotopic (exact) mass is 296 g/mol. The zero-order valence-electron chi connectivity index (χ0n) is 15.8. The summed E-state index contributed by atoms with van der Waals surface area (Å²) in [5.74, 6) is 0. The van der Waals surface area contributed by atoms with Crippen LogP contribution in [0.1, 0.15) is 80.6 Å². The van der Waals surface area contributed by atoms with Gasteiger partial charge < -0.3 is 10.2 Å². The molecule has 0 radical (unpaired) electrons. The van der Waals surface area contributed by atoms with Crippen LogP contribution in [0.4, 0.5) is 0 Å². The number of hydrogen-bond acceptors (Lipinski definition) is 2. The predicted molar refractivity (Wildman–Crippen MR) is 94.8 cm³/mol. The van der Waals surface area contributed by atoms with Gasteiger partial charge in [0.05, 0.1) is 0 Å². The second-order valence-corrected chi connectivity index (χ2v) is 8.75. The summed E-state index contributed by atoms with van der Waals surface area (Å²) in [7, 11) is 0. The van der Waals surface area contributed by atoms with Crippen LogP contribution in [0.5, 0.6) is 0 Å². The second-order valence-electron chi connectivity index (χ2n) is 8.75. The predicted octanol–water partition coefficient (Wildman–Crippen LogP) is 4.69. The fourth-order valence-corrected chi connectivity index (χ4v) is 3.45. The van der Waals surface area contributed by atoms with Crippen molar-refractivity contribution in [3.63, 3.8) is 0 Å². The quantitative estimate of drug-likeness (QED) is 0.733. The Morgan fingerprint density at radius 2 is 1.48 bits per heavy atom. The molecule has 1 aliphatic heterocycles. The number of piperidine rings is 1. The SMILES string of the molecule is CCC(C)(CNC(C)(C)C)CN1CCC(CC)(CC)CC1. The van der Waals surface area contributed by atoms with Gasteiger partial charge in [-0.05, 0) is 64.0 Å². The van der Waals surface area contributed by atoms with Crippen molar-refractivity contribution in [2.75, 3.05) is 26.2 Å². The topological polar surface area (TPSA) is 15.3 Å². The summed E-state index contributed by atoms with van der Waals surface area (Å²) in [6, 6.07) is 0. The minimum atomic E-state index is 0.220. The van der Waals surface area contributed by atoms with E-state index in [-0.39, 0.29) is 5.54 Å². The lowest BCUT2D eigenvalue weighted by atomic mass is 9.73. The molecule has 0 amide bonds. The Labute approximate surface area is 134 Å². The zero-order chi connectivity index (χ0) is 16.1. The van der Waals surface area contributed by atoms with Crippen molar-refractivity contribution >= 4 is 0 Å². The van der Waals surface area contributed by atoms with E-state index in [0.717, 1.165) is 6.54 Å². The molecule has 1 saturated heterocycles. The molecule has 1 unspecified atom stereocenters. The van der Waals surface area contributed by atoms with E-state index in [2.05, 4.69) is 58.7 Å². The summed E-state index contributed by atoms with van der Waals surface area (Å²) in [4.78, 5) is 2.72. The summed E-state index contributed by atoms with van der Waals surface area (Å²) in [5.41, 5.74) is 1.26. The van der Waals surface area contributed by atoms with Crippen LogP contribution >= 0.6 is 0 Å². The molecular weight excluding hydrogens is 256 g/mol. The smallest absolute Gasteiger partial charge is 0.00967 e. The molecule has 1 heterocycles. The van der Waals surface area contributed by atoms with Crippen LogP contribution in [-0.4, -0.2) is 36.6 Å². The van der Waals surface area contributed by atoms with Crippen molar-refractivity contribution in [1.29, 1.82) is 0 Å². The van der Waals surface area contributed by atoms with E-state index in [0.29, 0.717) is 10.8 Å². The third kappa shape index (κ3) is 5.90. The minimum absolute atomic E-state index is 0.220. The first-order valence-corrected chi connectivity index (χ1v) is 9.15. The lowest BCUT2D eigenvalue weighted by Gasteiger charge is -2.44. The first kappa shape index (κ1) is 19.0. The van der Waals surface area contributed by atoms with Crippen LogP contribution in [0.25, 0.3) is 0 Å². The molecule has 0 bridgehead atoms. The van der Waals surface area contributed by atoms with E-state index in [1.807, 2.05) is 0 Å². The highest BCUT2D eigenvalue weighted by atomic mass is 15.1. The molecule has 1 aliphatic rings. The van der Waals surface area contributed by atoms with Gasteiger partial charge in [-0.2, -0.15) is 0 Å². The molecule has 1 N–H and O–H groups in total. The maximum absolute atomic E-state index is 3.71. The van der Waals surface area contributed by atoms with Gasteiger partial charge in [-0.1, -0.05) is 40.5 Å². The largest absolute Gasteiger partial charge is 0.311 e. The van der Waals surface area contributed by atoms with Crippen molar-refractivity contribution in [3.8, 4) is 0 Å². The van der Waals surface area contributed by atoms with Gasteiger partial charge in [0.25, 0.3) is 0 Å². The first-order valence-electron chi connectivity index (χ1n) is 9.15. The molecule has 0 saturated carbocycles. The minimum Gasteiger partial charge on any atom is -0.311 e. The van der Waals surface area contributed by atoms with Crippen molar-refractivity contribution < 1.29 is 0 Å². The van der Waals surface area contributed by atoms with Crippen LogP contribution in [0, 0.1) is 10.8 Å². The Hall–Kier alpha value is -0.0800. The molecule has 0 aromatic carbocycles. The Kier molecular flexibility index (Phi) is 6.74. The number of hydrogen-bond donors (Lipinski definition) is 1. The van der Waals surface area contributed by atoms with Crippen LogP contribution in [0.15, 0.2) is 0 Å². The van der Waals surface area contributed by atoms with E-state index in [4.69, 9.17) is 0 Å². The van der Waals surface area contributed by atoms with Gasteiger partial charge in [0.15, 0.2) is 0 Å². The number of nitrogens with one attached hydrogen (secondary N) is 1. The maximum Gasteiger partial charge on any atom is 0.00967 e. The highest BCUT2D eigenvalue weighted by Gasteiger charge is 2.34. The molecular formula is C19H40N2. The second kappa shape index (κ2) is 7.46. The van der Waals surface area contributed by atoms with E-state index in [1.165, 1.54) is 51.7 Å². The molecule has 0 aliphatic carbocycles. The number of rotatable bonds is 7. The van der Waals surface area contributed by atoms with Gasteiger partial charge >= 0.3 is 0 Å². The lowest BCUT2D eigenvalue weighted by molar-refractivity contribution is 0.0610. The van der Waals surface area contributed by atoms with E-state index >= 15 is 0 Å².